The second kappa shape index (κ2) is 7.40. The lowest BCUT2D eigenvalue weighted by molar-refractivity contribution is 0.319. The van der Waals surface area contributed by atoms with Gasteiger partial charge in [-0.15, -0.1) is 4.28 Å². The van der Waals surface area contributed by atoms with Crippen molar-refractivity contribution in [3.05, 3.63) is 47.5 Å². The third-order valence-electron chi connectivity index (χ3n) is 4.18. The van der Waals surface area contributed by atoms with Gasteiger partial charge in [0, 0.05) is 9.79 Å². The topological polar surface area (TPSA) is 46.6 Å². The average molecular weight is 378 g/mol. The first-order valence-electron chi connectivity index (χ1n) is 8.64. The van der Waals surface area contributed by atoms with Gasteiger partial charge in [-0.25, -0.2) is 5.06 Å². The fraction of sp³-hybridized carbons (Fsp3) is 0.368. The zero-order valence-corrected chi connectivity index (χ0v) is 16.4. The second-order valence-electron chi connectivity index (χ2n) is 6.01. The lowest BCUT2D eigenvalue weighted by Gasteiger charge is -2.32. The monoisotopic (exact) mass is 377 g/mol. The van der Waals surface area contributed by atoms with E-state index < -0.39 is 10.1 Å². The molecule has 0 saturated heterocycles. The number of rotatable bonds is 6. The lowest BCUT2D eigenvalue weighted by Crippen LogP contribution is -2.27. The zero-order valence-electron chi connectivity index (χ0n) is 14.8. The molecule has 2 aromatic carbocycles. The fourth-order valence-electron chi connectivity index (χ4n) is 2.88. The van der Waals surface area contributed by atoms with E-state index in [0.717, 1.165) is 34.0 Å². The van der Waals surface area contributed by atoms with Gasteiger partial charge >= 0.3 is 0 Å². The minimum atomic E-state index is -3.64. The van der Waals surface area contributed by atoms with Crippen LogP contribution in [0.2, 0.25) is 0 Å². The number of hydrogen-bond acceptors (Lipinski definition) is 5. The molecule has 3 rings (SSSR count). The lowest BCUT2D eigenvalue weighted by atomic mass is 10.1. The molecule has 1 aliphatic heterocycles. The van der Waals surface area contributed by atoms with Gasteiger partial charge < -0.3 is 0 Å². The first kappa shape index (κ1) is 18.3. The minimum absolute atomic E-state index is 0.00181. The number of nitrogens with zero attached hydrogens (tertiary/aromatic N) is 1. The molecule has 0 amide bonds. The summed E-state index contributed by atoms with van der Waals surface area (Å²) in [5, 5.41) is 1.49. The molecule has 0 aromatic heterocycles. The van der Waals surface area contributed by atoms with E-state index in [9.17, 15) is 8.42 Å². The van der Waals surface area contributed by atoms with E-state index in [1.165, 1.54) is 16.2 Å². The van der Waals surface area contributed by atoms with E-state index in [1.54, 1.807) is 11.8 Å². The first-order valence-corrected chi connectivity index (χ1v) is 11.0. The molecular formula is C19H23NO3S2. The Hall–Kier alpha value is -1.50. The summed E-state index contributed by atoms with van der Waals surface area (Å²) in [5.74, 6) is 0.00181. The molecule has 0 spiro atoms. The summed E-state index contributed by atoms with van der Waals surface area (Å²) in [7, 11) is -3.64. The van der Waals surface area contributed by atoms with Gasteiger partial charge in [-0.3, -0.25) is 0 Å². The maximum Gasteiger partial charge on any atom is 0.288 e. The van der Waals surface area contributed by atoms with Gasteiger partial charge in [-0.2, -0.15) is 8.42 Å². The molecule has 1 heterocycles. The molecule has 0 aliphatic carbocycles. The third kappa shape index (κ3) is 3.71. The van der Waals surface area contributed by atoms with Crippen LogP contribution in [0.4, 0.5) is 11.4 Å². The average Bonchev–Trinajstić information content (AvgIpc) is 2.60. The zero-order chi connectivity index (χ0) is 18.0. The summed E-state index contributed by atoms with van der Waals surface area (Å²) in [6, 6.07) is 12.0. The normalized spacial score (nSPS) is 13.5. The molecule has 6 heteroatoms. The van der Waals surface area contributed by atoms with Crippen molar-refractivity contribution in [3.8, 4) is 0 Å². The Morgan fingerprint density at radius 2 is 1.84 bits per heavy atom. The molecular weight excluding hydrogens is 354 g/mol. The standard InChI is InChI=1S/C19H23NO3S2/c1-4-12-25(21,22)23-20-16-11-10-14(5-2)13-18(16)24-19-15(6-3)8-7-9-17(19)20/h7-11,13H,4-6,12H2,1-3H3. The van der Waals surface area contributed by atoms with Crippen molar-refractivity contribution in [2.45, 2.75) is 49.8 Å². The van der Waals surface area contributed by atoms with Crippen molar-refractivity contribution in [3.63, 3.8) is 0 Å². The van der Waals surface area contributed by atoms with Crippen LogP contribution in [0.25, 0.3) is 0 Å². The summed E-state index contributed by atoms with van der Waals surface area (Å²) in [5.41, 5.74) is 3.99. The maximum absolute atomic E-state index is 12.3. The highest BCUT2D eigenvalue weighted by Gasteiger charge is 2.29. The van der Waals surface area contributed by atoms with Crippen LogP contribution in [0.1, 0.15) is 38.3 Å². The molecule has 134 valence electrons. The largest absolute Gasteiger partial charge is 0.288 e. The molecule has 25 heavy (non-hydrogen) atoms. The van der Waals surface area contributed by atoms with Crippen molar-refractivity contribution in [2.75, 3.05) is 10.8 Å². The van der Waals surface area contributed by atoms with E-state index in [0.29, 0.717) is 6.42 Å². The van der Waals surface area contributed by atoms with Gasteiger partial charge in [0.1, 0.15) is 0 Å². The minimum Gasteiger partial charge on any atom is -0.202 e. The Bertz CT molecular complexity index is 878. The molecule has 0 N–H and O–H groups in total. The Kier molecular flexibility index (Phi) is 5.41. The quantitative estimate of drug-likeness (QED) is 0.702. The van der Waals surface area contributed by atoms with Crippen LogP contribution < -0.4 is 5.06 Å². The summed E-state index contributed by atoms with van der Waals surface area (Å²) in [6.07, 6.45) is 2.34. The Labute approximate surface area is 154 Å². The van der Waals surface area contributed by atoms with Gasteiger partial charge in [-0.05, 0) is 48.6 Å². The predicted octanol–water partition coefficient (Wildman–Crippen LogP) is 5.09. The van der Waals surface area contributed by atoms with Crippen LogP contribution in [0.15, 0.2) is 46.2 Å². The highest BCUT2D eigenvalue weighted by Crippen LogP contribution is 2.50. The van der Waals surface area contributed by atoms with Crippen molar-refractivity contribution >= 4 is 33.3 Å². The summed E-state index contributed by atoms with van der Waals surface area (Å²) in [6.45, 7) is 6.05. The SMILES string of the molecule is CCCS(=O)(=O)ON1c2ccc(CC)cc2Sc2c(CC)cccc21. The molecule has 0 radical (unpaired) electrons. The van der Waals surface area contributed by atoms with E-state index >= 15 is 0 Å². The van der Waals surface area contributed by atoms with Gasteiger partial charge in [0.15, 0.2) is 0 Å². The van der Waals surface area contributed by atoms with Crippen molar-refractivity contribution in [1.82, 2.24) is 0 Å². The Balaban J connectivity index is 2.14. The van der Waals surface area contributed by atoms with E-state index in [-0.39, 0.29) is 5.75 Å². The highest BCUT2D eigenvalue weighted by atomic mass is 32.2. The van der Waals surface area contributed by atoms with Gasteiger partial charge in [-0.1, -0.05) is 50.7 Å². The Morgan fingerprint density at radius 3 is 2.52 bits per heavy atom. The molecule has 1 aliphatic rings. The van der Waals surface area contributed by atoms with Crippen LogP contribution in [0.5, 0.6) is 0 Å². The number of benzene rings is 2. The van der Waals surface area contributed by atoms with E-state index in [4.69, 9.17) is 4.28 Å². The van der Waals surface area contributed by atoms with Gasteiger partial charge in [0.2, 0.25) is 0 Å². The van der Waals surface area contributed by atoms with Crippen LogP contribution in [0.3, 0.4) is 0 Å². The summed E-state index contributed by atoms with van der Waals surface area (Å²) < 4.78 is 30.2. The molecule has 2 aromatic rings. The van der Waals surface area contributed by atoms with Crippen molar-refractivity contribution in [1.29, 1.82) is 0 Å². The van der Waals surface area contributed by atoms with Crippen molar-refractivity contribution < 1.29 is 12.7 Å². The smallest absolute Gasteiger partial charge is 0.202 e. The van der Waals surface area contributed by atoms with Crippen LogP contribution in [-0.4, -0.2) is 14.2 Å². The van der Waals surface area contributed by atoms with Crippen LogP contribution in [-0.2, 0) is 27.2 Å². The maximum atomic E-state index is 12.3. The molecule has 0 fully saturated rings. The third-order valence-corrected chi connectivity index (χ3v) is 6.69. The van der Waals surface area contributed by atoms with E-state index in [1.807, 2.05) is 31.2 Å². The Morgan fingerprint density at radius 1 is 1.04 bits per heavy atom. The summed E-state index contributed by atoms with van der Waals surface area (Å²) >= 11 is 1.69. The number of aryl methyl sites for hydroxylation is 2. The molecule has 0 unspecified atom stereocenters. The fourth-order valence-corrected chi connectivity index (χ4v) is 5.12. The first-order chi connectivity index (χ1) is 12.0. The van der Waals surface area contributed by atoms with Crippen LogP contribution >= 0.6 is 11.8 Å². The van der Waals surface area contributed by atoms with Crippen molar-refractivity contribution in [2.24, 2.45) is 0 Å². The van der Waals surface area contributed by atoms with E-state index in [2.05, 4.69) is 26.0 Å². The molecule has 4 nitrogen and oxygen atoms in total. The number of anilines is 2. The number of fused-ring (bicyclic) bond motifs is 2. The highest BCUT2D eigenvalue weighted by molar-refractivity contribution is 7.99. The molecule has 0 atom stereocenters. The molecule has 0 saturated carbocycles. The summed E-state index contributed by atoms with van der Waals surface area (Å²) in [4.78, 5) is 2.09. The van der Waals surface area contributed by atoms with Gasteiger partial charge in [0.05, 0.1) is 17.1 Å². The second-order valence-corrected chi connectivity index (χ2v) is 8.73. The molecule has 0 bridgehead atoms. The number of hydrogen-bond donors (Lipinski definition) is 0. The van der Waals surface area contributed by atoms with Crippen LogP contribution in [0, 0.1) is 0 Å². The predicted molar refractivity (Wildman–Crippen MR) is 103 cm³/mol. The van der Waals surface area contributed by atoms with Gasteiger partial charge in [0.25, 0.3) is 10.1 Å².